The van der Waals surface area contributed by atoms with E-state index in [-0.39, 0.29) is 17.8 Å². The van der Waals surface area contributed by atoms with Gasteiger partial charge in [-0.2, -0.15) is 0 Å². The van der Waals surface area contributed by atoms with E-state index >= 15 is 0 Å². The second-order valence-electron chi connectivity index (χ2n) is 9.09. The quantitative estimate of drug-likeness (QED) is 0.295. The molecule has 0 fully saturated rings. The van der Waals surface area contributed by atoms with Gasteiger partial charge in [-0.3, -0.25) is 4.79 Å². The molecule has 3 rings (SSSR count). The maximum Gasteiger partial charge on any atom is 0.234 e. The summed E-state index contributed by atoms with van der Waals surface area (Å²) in [6.45, 7) is 13.9. The lowest BCUT2D eigenvalue weighted by atomic mass is 10.0. The Labute approximate surface area is 212 Å². The number of carbonyl (C=O) groups is 1. The summed E-state index contributed by atoms with van der Waals surface area (Å²) in [5.41, 5.74) is 1.89. The summed E-state index contributed by atoms with van der Waals surface area (Å²) in [6, 6.07) is 15.5. The standard InChI is InChI=1S/C27H36N4O3S/c1-7-33-22-14-12-21(13-15-22)28-25(32)17-35-27-30-29-26(31(27)16-18(2)3)20(6)34-24-11-9-8-10-23(24)19(4)5/h8-15,18-20H,7,16-17H2,1-6H3,(H,28,32). The number of benzene rings is 2. The average Bonchev–Trinajstić information content (AvgIpc) is 3.21. The Hall–Kier alpha value is -3.00. The second kappa shape index (κ2) is 12.6. The lowest BCUT2D eigenvalue weighted by Crippen LogP contribution is -2.17. The van der Waals surface area contributed by atoms with Crippen molar-refractivity contribution in [3.63, 3.8) is 0 Å². The van der Waals surface area contributed by atoms with Gasteiger partial charge in [-0.1, -0.05) is 57.7 Å². The fraction of sp³-hybridized carbons (Fsp3) is 0.444. The molecule has 1 amide bonds. The van der Waals surface area contributed by atoms with E-state index in [9.17, 15) is 4.79 Å². The molecule has 8 heteroatoms. The molecule has 2 aromatic carbocycles. The molecule has 0 aliphatic heterocycles. The summed E-state index contributed by atoms with van der Waals surface area (Å²) >= 11 is 1.38. The summed E-state index contributed by atoms with van der Waals surface area (Å²) in [6.07, 6.45) is -0.284. The molecule has 1 aromatic heterocycles. The zero-order valence-electron chi connectivity index (χ0n) is 21.4. The fourth-order valence-electron chi connectivity index (χ4n) is 3.68. The normalized spacial score (nSPS) is 12.1. The topological polar surface area (TPSA) is 78.3 Å². The lowest BCUT2D eigenvalue weighted by Gasteiger charge is -2.20. The van der Waals surface area contributed by atoms with Crippen LogP contribution in [0.5, 0.6) is 11.5 Å². The van der Waals surface area contributed by atoms with E-state index in [1.165, 1.54) is 11.8 Å². The van der Waals surface area contributed by atoms with Gasteiger partial charge in [0, 0.05) is 12.2 Å². The van der Waals surface area contributed by atoms with E-state index in [4.69, 9.17) is 9.47 Å². The molecule has 0 aliphatic carbocycles. The first-order chi connectivity index (χ1) is 16.8. The zero-order valence-corrected chi connectivity index (χ0v) is 22.3. The predicted octanol–water partition coefficient (Wildman–Crippen LogP) is 6.33. The van der Waals surface area contributed by atoms with Gasteiger partial charge >= 0.3 is 0 Å². The van der Waals surface area contributed by atoms with Crippen molar-refractivity contribution in [2.45, 2.75) is 65.3 Å². The maximum absolute atomic E-state index is 12.6. The summed E-state index contributed by atoms with van der Waals surface area (Å²) in [4.78, 5) is 12.6. The van der Waals surface area contributed by atoms with Crippen molar-refractivity contribution in [2.75, 3.05) is 17.7 Å². The van der Waals surface area contributed by atoms with Crippen molar-refractivity contribution in [3.05, 3.63) is 59.9 Å². The van der Waals surface area contributed by atoms with Crippen LogP contribution in [0.4, 0.5) is 5.69 Å². The third kappa shape index (κ3) is 7.49. The monoisotopic (exact) mass is 496 g/mol. The minimum Gasteiger partial charge on any atom is -0.494 e. The van der Waals surface area contributed by atoms with Gasteiger partial charge in [0.05, 0.1) is 12.4 Å². The molecule has 0 bridgehead atoms. The number of hydrogen-bond donors (Lipinski definition) is 1. The third-order valence-corrected chi connectivity index (χ3v) is 6.25. The van der Waals surface area contributed by atoms with Crippen molar-refractivity contribution in [1.29, 1.82) is 0 Å². The Kier molecular flexibility index (Phi) is 9.60. The highest BCUT2D eigenvalue weighted by Gasteiger charge is 2.22. The lowest BCUT2D eigenvalue weighted by molar-refractivity contribution is -0.113. The summed E-state index contributed by atoms with van der Waals surface area (Å²) in [7, 11) is 0. The summed E-state index contributed by atoms with van der Waals surface area (Å²) in [5, 5.41) is 12.5. The molecule has 1 heterocycles. The number of para-hydroxylation sites is 1. The number of anilines is 1. The predicted molar refractivity (Wildman–Crippen MR) is 141 cm³/mol. The molecule has 7 nitrogen and oxygen atoms in total. The smallest absolute Gasteiger partial charge is 0.234 e. The SMILES string of the molecule is CCOc1ccc(NC(=O)CSc2nnc(C(C)Oc3ccccc3C(C)C)n2CC(C)C)cc1. The zero-order chi connectivity index (χ0) is 25.4. The van der Waals surface area contributed by atoms with E-state index in [2.05, 4.69) is 53.8 Å². The molecular weight excluding hydrogens is 460 g/mol. The van der Waals surface area contributed by atoms with Crippen LogP contribution < -0.4 is 14.8 Å². The molecule has 0 radical (unpaired) electrons. The van der Waals surface area contributed by atoms with Crippen molar-refractivity contribution in [2.24, 2.45) is 5.92 Å². The highest BCUT2D eigenvalue weighted by atomic mass is 32.2. The van der Waals surface area contributed by atoms with Crippen LogP contribution in [0.3, 0.4) is 0 Å². The number of ether oxygens (including phenoxy) is 2. The molecule has 0 spiro atoms. The van der Waals surface area contributed by atoms with Crippen molar-refractivity contribution >= 4 is 23.4 Å². The van der Waals surface area contributed by atoms with Crippen LogP contribution in [0, 0.1) is 5.92 Å². The highest BCUT2D eigenvalue weighted by molar-refractivity contribution is 7.99. The van der Waals surface area contributed by atoms with Gasteiger partial charge < -0.3 is 19.4 Å². The molecule has 188 valence electrons. The van der Waals surface area contributed by atoms with Crippen molar-refractivity contribution < 1.29 is 14.3 Å². The molecule has 0 aliphatic rings. The van der Waals surface area contributed by atoms with Gasteiger partial charge in [0.2, 0.25) is 5.91 Å². The molecule has 35 heavy (non-hydrogen) atoms. The maximum atomic E-state index is 12.6. The van der Waals surface area contributed by atoms with Gasteiger partial charge in [-0.15, -0.1) is 10.2 Å². The van der Waals surface area contributed by atoms with Crippen molar-refractivity contribution in [3.8, 4) is 11.5 Å². The second-order valence-corrected chi connectivity index (χ2v) is 10.0. The molecule has 0 saturated carbocycles. The molecule has 0 saturated heterocycles. The molecule has 1 atom stereocenters. The van der Waals surface area contributed by atoms with Crippen LogP contribution in [0.25, 0.3) is 0 Å². The fourth-order valence-corrected chi connectivity index (χ4v) is 4.44. The van der Waals surface area contributed by atoms with Crippen LogP contribution in [0.1, 0.15) is 65.0 Å². The number of thioether (sulfide) groups is 1. The first kappa shape index (κ1) is 26.6. The number of aromatic nitrogens is 3. The van der Waals surface area contributed by atoms with E-state index in [0.717, 1.165) is 35.1 Å². The number of carbonyl (C=O) groups excluding carboxylic acids is 1. The number of rotatable bonds is 12. The van der Waals surface area contributed by atoms with E-state index in [1.807, 2.05) is 56.3 Å². The number of amides is 1. The third-order valence-electron chi connectivity index (χ3n) is 5.28. The van der Waals surface area contributed by atoms with Gasteiger partial charge in [0.25, 0.3) is 0 Å². The molecule has 1 unspecified atom stereocenters. The van der Waals surface area contributed by atoms with Gasteiger partial charge in [0.1, 0.15) is 11.5 Å². The number of hydrogen-bond acceptors (Lipinski definition) is 6. The van der Waals surface area contributed by atoms with Gasteiger partial charge in [-0.25, -0.2) is 0 Å². The van der Waals surface area contributed by atoms with Gasteiger partial charge in [-0.05, 0) is 61.6 Å². The van der Waals surface area contributed by atoms with Gasteiger partial charge in [0.15, 0.2) is 17.1 Å². The Balaban J connectivity index is 1.69. The molecule has 3 aromatic rings. The van der Waals surface area contributed by atoms with E-state index in [0.29, 0.717) is 23.6 Å². The van der Waals surface area contributed by atoms with Crippen molar-refractivity contribution in [1.82, 2.24) is 14.8 Å². The minimum atomic E-state index is -0.284. The Morgan fingerprint density at radius 2 is 1.74 bits per heavy atom. The number of nitrogens with one attached hydrogen (secondary N) is 1. The largest absolute Gasteiger partial charge is 0.494 e. The Bertz CT molecular complexity index is 1100. The first-order valence-electron chi connectivity index (χ1n) is 12.1. The van der Waals surface area contributed by atoms with Crippen LogP contribution in [0.2, 0.25) is 0 Å². The Morgan fingerprint density at radius 3 is 2.40 bits per heavy atom. The van der Waals surface area contributed by atoms with E-state index < -0.39 is 0 Å². The van der Waals surface area contributed by atoms with Crippen LogP contribution in [-0.2, 0) is 11.3 Å². The van der Waals surface area contributed by atoms with Crippen LogP contribution >= 0.6 is 11.8 Å². The molecule has 1 N–H and O–H groups in total. The summed E-state index contributed by atoms with van der Waals surface area (Å²) in [5.74, 6) is 3.26. The summed E-state index contributed by atoms with van der Waals surface area (Å²) < 4.78 is 13.9. The van der Waals surface area contributed by atoms with E-state index in [1.54, 1.807) is 0 Å². The number of nitrogens with zero attached hydrogens (tertiary/aromatic N) is 3. The highest BCUT2D eigenvalue weighted by Crippen LogP contribution is 2.31. The molecular formula is C27H36N4O3S. The van der Waals surface area contributed by atoms with Crippen LogP contribution in [-0.4, -0.2) is 33.0 Å². The first-order valence-corrected chi connectivity index (χ1v) is 13.1. The average molecular weight is 497 g/mol. The van der Waals surface area contributed by atoms with Crippen LogP contribution in [0.15, 0.2) is 53.7 Å². The Morgan fingerprint density at radius 1 is 1.03 bits per heavy atom. The minimum absolute atomic E-state index is 0.102.